The molecule has 1 heteroatoms. The summed E-state index contributed by atoms with van der Waals surface area (Å²) in [6.45, 7) is 2.17. The fourth-order valence-corrected chi connectivity index (χ4v) is 1.82. The van der Waals surface area contributed by atoms with Crippen LogP contribution < -0.4 is 5.73 Å². The minimum atomic E-state index is 0.818. The van der Waals surface area contributed by atoms with Gasteiger partial charge in [0.25, 0.3) is 0 Å². The highest BCUT2D eigenvalue weighted by molar-refractivity contribution is 5.70. The molecule has 2 rings (SSSR count). The molecule has 0 aliphatic heterocycles. The maximum absolute atomic E-state index is 5.79. The van der Waals surface area contributed by atoms with Gasteiger partial charge in [-0.1, -0.05) is 43.3 Å². The van der Waals surface area contributed by atoms with Crippen molar-refractivity contribution >= 4 is 5.69 Å². The van der Waals surface area contributed by atoms with Crippen LogP contribution in [-0.2, 0) is 6.42 Å². The Labute approximate surface area is 90.6 Å². The molecule has 0 aliphatic rings. The minimum absolute atomic E-state index is 0.818. The Morgan fingerprint density at radius 1 is 1.00 bits per heavy atom. The Kier molecular flexibility index (Phi) is 2.72. The van der Waals surface area contributed by atoms with Gasteiger partial charge in [-0.05, 0) is 35.2 Å². The van der Waals surface area contributed by atoms with E-state index in [9.17, 15) is 0 Å². The standard InChI is InChI=1S/C14H15N/c1-2-11-6-3-4-9-14(11)12-7-5-8-13(15)10-12/h3-10H,2,15H2,1H3. The highest BCUT2D eigenvalue weighted by Gasteiger charge is 2.02. The summed E-state index contributed by atoms with van der Waals surface area (Å²) in [5, 5.41) is 0. The normalized spacial score (nSPS) is 10.2. The molecule has 2 aromatic rings. The van der Waals surface area contributed by atoms with Crippen LogP contribution in [0.25, 0.3) is 11.1 Å². The lowest BCUT2D eigenvalue weighted by molar-refractivity contribution is 1.14. The number of nitrogen functional groups attached to an aromatic ring is 1. The average Bonchev–Trinajstić information content (AvgIpc) is 2.29. The molecule has 0 unspecified atom stereocenters. The average molecular weight is 197 g/mol. The Morgan fingerprint density at radius 2 is 1.80 bits per heavy atom. The summed E-state index contributed by atoms with van der Waals surface area (Å²) in [6, 6.07) is 16.5. The maximum atomic E-state index is 5.79. The molecule has 0 aromatic heterocycles. The predicted molar refractivity (Wildman–Crippen MR) is 65.7 cm³/mol. The lowest BCUT2D eigenvalue weighted by atomic mass is 9.98. The topological polar surface area (TPSA) is 26.0 Å². The summed E-state index contributed by atoms with van der Waals surface area (Å²) in [7, 11) is 0. The molecule has 0 amide bonds. The number of anilines is 1. The molecule has 0 radical (unpaired) electrons. The van der Waals surface area contributed by atoms with E-state index in [2.05, 4.69) is 37.3 Å². The van der Waals surface area contributed by atoms with Crippen molar-refractivity contribution in [2.24, 2.45) is 0 Å². The number of hydrogen-bond acceptors (Lipinski definition) is 1. The van der Waals surface area contributed by atoms with E-state index in [1.165, 1.54) is 16.7 Å². The van der Waals surface area contributed by atoms with Crippen molar-refractivity contribution in [1.82, 2.24) is 0 Å². The largest absolute Gasteiger partial charge is 0.399 e. The third kappa shape index (κ3) is 2.01. The zero-order chi connectivity index (χ0) is 10.7. The first-order chi connectivity index (χ1) is 7.31. The van der Waals surface area contributed by atoms with E-state index < -0.39 is 0 Å². The van der Waals surface area contributed by atoms with Gasteiger partial charge in [0.15, 0.2) is 0 Å². The van der Waals surface area contributed by atoms with Crippen molar-refractivity contribution in [3.05, 3.63) is 54.1 Å². The van der Waals surface area contributed by atoms with Crippen LogP contribution in [0.2, 0.25) is 0 Å². The van der Waals surface area contributed by atoms with Crippen molar-refractivity contribution in [3.63, 3.8) is 0 Å². The lowest BCUT2D eigenvalue weighted by Gasteiger charge is -2.08. The van der Waals surface area contributed by atoms with Gasteiger partial charge in [0, 0.05) is 5.69 Å². The first kappa shape index (κ1) is 9.78. The summed E-state index contributed by atoms with van der Waals surface area (Å²) < 4.78 is 0. The number of nitrogens with two attached hydrogens (primary N) is 1. The van der Waals surface area contributed by atoms with E-state index in [1.807, 2.05) is 18.2 Å². The molecule has 0 saturated carbocycles. The molecular weight excluding hydrogens is 182 g/mol. The first-order valence-corrected chi connectivity index (χ1v) is 5.25. The third-order valence-corrected chi connectivity index (χ3v) is 2.60. The van der Waals surface area contributed by atoms with Crippen molar-refractivity contribution in [1.29, 1.82) is 0 Å². The fourth-order valence-electron chi connectivity index (χ4n) is 1.82. The fraction of sp³-hybridized carbons (Fsp3) is 0.143. The molecule has 0 saturated heterocycles. The molecule has 0 fully saturated rings. The van der Waals surface area contributed by atoms with Gasteiger partial charge in [0.1, 0.15) is 0 Å². The predicted octanol–water partition coefficient (Wildman–Crippen LogP) is 3.50. The molecule has 1 nitrogen and oxygen atoms in total. The van der Waals surface area contributed by atoms with Crippen LogP contribution in [0.15, 0.2) is 48.5 Å². The summed E-state index contributed by atoms with van der Waals surface area (Å²) in [4.78, 5) is 0. The molecule has 0 atom stereocenters. The summed E-state index contributed by atoms with van der Waals surface area (Å²) in [5.41, 5.74) is 10.5. The van der Waals surface area contributed by atoms with Gasteiger partial charge in [0.05, 0.1) is 0 Å². The van der Waals surface area contributed by atoms with Crippen molar-refractivity contribution in [2.45, 2.75) is 13.3 Å². The second-order valence-electron chi connectivity index (χ2n) is 3.64. The smallest absolute Gasteiger partial charge is 0.0320 e. The van der Waals surface area contributed by atoms with Crippen LogP contribution in [-0.4, -0.2) is 0 Å². The number of aryl methyl sites for hydroxylation is 1. The van der Waals surface area contributed by atoms with Gasteiger partial charge >= 0.3 is 0 Å². The van der Waals surface area contributed by atoms with E-state index in [1.54, 1.807) is 0 Å². The number of hydrogen-bond donors (Lipinski definition) is 1. The zero-order valence-electron chi connectivity index (χ0n) is 8.90. The molecule has 2 N–H and O–H groups in total. The monoisotopic (exact) mass is 197 g/mol. The van der Waals surface area contributed by atoms with Crippen molar-refractivity contribution in [2.75, 3.05) is 5.73 Å². The van der Waals surface area contributed by atoms with E-state index in [-0.39, 0.29) is 0 Å². The molecule has 0 bridgehead atoms. The van der Waals surface area contributed by atoms with Crippen molar-refractivity contribution in [3.8, 4) is 11.1 Å². The van der Waals surface area contributed by atoms with Crippen LogP contribution in [0.3, 0.4) is 0 Å². The Balaban J connectivity index is 2.53. The highest BCUT2D eigenvalue weighted by atomic mass is 14.5. The van der Waals surface area contributed by atoms with E-state index in [0.717, 1.165) is 12.1 Å². The van der Waals surface area contributed by atoms with Crippen LogP contribution in [0.5, 0.6) is 0 Å². The molecule has 76 valence electrons. The molecule has 0 spiro atoms. The lowest BCUT2D eigenvalue weighted by Crippen LogP contribution is -1.89. The molecule has 15 heavy (non-hydrogen) atoms. The number of benzene rings is 2. The van der Waals surface area contributed by atoms with Gasteiger partial charge in [0.2, 0.25) is 0 Å². The molecule has 0 heterocycles. The van der Waals surface area contributed by atoms with Crippen LogP contribution in [0.4, 0.5) is 5.69 Å². The van der Waals surface area contributed by atoms with Crippen LogP contribution in [0, 0.1) is 0 Å². The Hall–Kier alpha value is -1.76. The van der Waals surface area contributed by atoms with Gasteiger partial charge in [-0.3, -0.25) is 0 Å². The van der Waals surface area contributed by atoms with E-state index in [0.29, 0.717) is 0 Å². The van der Waals surface area contributed by atoms with Crippen LogP contribution in [0.1, 0.15) is 12.5 Å². The minimum Gasteiger partial charge on any atom is -0.399 e. The summed E-state index contributed by atoms with van der Waals surface area (Å²) >= 11 is 0. The van der Waals surface area contributed by atoms with Crippen molar-refractivity contribution < 1.29 is 0 Å². The van der Waals surface area contributed by atoms with Gasteiger partial charge < -0.3 is 5.73 Å². The first-order valence-electron chi connectivity index (χ1n) is 5.25. The Bertz CT molecular complexity index is 460. The van der Waals surface area contributed by atoms with Gasteiger partial charge in [-0.2, -0.15) is 0 Å². The van der Waals surface area contributed by atoms with E-state index >= 15 is 0 Å². The molecule has 2 aromatic carbocycles. The maximum Gasteiger partial charge on any atom is 0.0320 e. The second kappa shape index (κ2) is 4.18. The van der Waals surface area contributed by atoms with Crippen LogP contribution >= 0.6 is 0 Å². The third-order valence-electron chi connectivity index (χ3n) is 2.60. The molecule has 0 aliphatic carbocycles. The SMILES string of the molecule is CCc1ccccc1-c1cccc(N)c1. The van der Waals surface area contributed by atoms with Gasteiger partial charge in [-0.15, -0.1) is 0 Å². The quantitative estimate of drug-likeness (QED) is 0.733. The number of rotatable bonds is 2. The van der Waals surface area contributed by atoms with E-state index in [4.69, 9.17) is 5.73 Å². The summed E-state index contributed by atoms with van der Waals surface area (Å²) in [5.74, 6) is 0. The second-order valence-corrected chi connectivity index (χ2v) is 3.64. The zero-order valence-corrected chi connectivity index (χ0v) is 8.90. The highest BCUT2D eigenvalue weighted by Crippen LogP contribution is 2.25. The van der Waals surface area contributed by atoms with Gasteiger partial charge in [-0.25, -0.2) is 0 Å². The Morgan fingerprint density at radius 3 is 2.53 bits per heavy atom. The molecular formula is C14H15N. The summed E-state index contributed by atoms with van der Waals surface area (Å²) in [6.07, 6.45) is 1.05.